The van der Waals surface area contributed by atoms with E-state index < -0.39 is 0 Å². The molecule has 116 valence electrons. The number of carbonyl (C=O) groups excluding carboxylic acids is 1. The summed E-state index contributed by atoms with van der Waals surface area (Å²) in [5, 5.41) is 0. The van der Waals surface area contributed by atoms with Crippen LogP contribution in [0.3, 0.4) is 0 Å². The lowest BCUT2D eigenvalue weighted by Gasteiger charge is -2.37. The molecule has 0 aromatic rings. The Morgan fingerprint density at radius 2 is 1.80 bits per heavy atom. The van der Waals surface area contributed by atoms with E-state index in [1.54, 1.807) is 0 Å². The van der Waals surface area contributed by atoms with Crippen molar-refractivity contribution in [2.75, 3.05) is 6.61 Å². The molecular formula is C18H32O2. The van der Waals surface area contributed by atoms with E-state index in [-0.39, 0.29) is 5.60 Å². The smallest absolute Gasteiger partial charge is 0.136 e. The summed E-state index contributed by atoms with van der Waals surface area (Å²) in [5.41, 5.74) is 0.0969. The van der Waals surface area contributed by atoms with Crippen molar-refractivity contribution in [2.24, 2.45) is 5.92 Å². The third kappa shape index (κ3) is 4.58. The average Bonchev–Trinajstić information content (AvgIpc) is 2.90. The van der Waals surface area contributed by atoms with Gasteiger partial charge in [0.2, 0.25) is 0 Å². The minimum atomic E-state index is 0.0969. The number of Topliss-reactive ketones (excluding diaryl/α,β-unsaturated/α-hetero) is 1. The van der Waals surface area contributed by atoms with Crippen LogP contribution in [-0.2, 0) is 9.53 Å². The minimum Gasteiger partial charge on any atom is -0.375 e. The highest BCUT2D eigenvalue weighted by molar-refractivity contribution is 5.81. The lowest BCUT2D eigenvalue weighted by molar-refractivity contribution is -0.136. The van der Waals surface area contributed by atoms with Crippen molar-refractivity contribution in [1.29, 1.82) is 0 Å². The Morgan fingerprint density at radius 1 is 1.10 bits per heavy atom. The van der Waals surface area contributed by atoms with Gasteiger partial charge in [0.15, 0.2) is 0 Å². The normalized spacial score (nSPS) is 25.1. The molecule has 0 aromatic heterocycles. The van der Waals surface area contributed by atoms with Gasteiger partial charge in [-0.05, 0) is 32.1 Å². The monoisotopic (exact) mass is 280 g/mol. The molecule has 2 aliphatic rings. The third-order valence-corrected chi connectivity index (χ3v) is 5.24. The lowest BCUT2D eigenvalue weighted by Crippen LogP contribution is -2.39. The Hall–Kier alpha value is -0.370. The van der Waals surface area contributed by atoms with Crippen LogP contribution < -0.4 is 0 Å². The fourth-order valence-electron chi connectivity index (χ4n) is 3.95. The summed E-state index contributed by atoms with van der Waals surface area (Å²) < 4.78 is 6.02. The Kier molecular flexibility index (Phi) is 6.54. The second-order valence-electron chi connectivity index (χ2n) is 6.91. The van der Waals surface area contributed by atoms with E-state index in [4.69, 9.17) is 4.74 Å². The van der Waals surface area contributed by atoms with E-state index >= 15 is 0 Å². The van der Waals surface area contributed by atoms with Crippen LogP contribution in [0.5, 0.6) is 0 Å². The van der Waals surface area contributed by atoms with Gasteiger partial charge in [-0.25, -0.2) is 0 Å². The molecule has 2 rings (SSSR count). The summed E-state index contributed by atoms with van der Waals surface area (Å²) in [4.78, 5) is 12.4. The minimum absolute atomic E-state index is 0.0969. The molecule has 0 radical (unpaired) electrons. The van der Waals surface area contributed by atoms with Crippen molar-refractivity contribution in [2.45, 2.75) is 96.0 Å². The van der Waals surface area contributed by atoms with Crippen LogP contribution in [0.1, 0.15) is 90.4 Å². The zero-order valence-electron chi connectivity index (χ0n) is 13.3. The number of unbranched alkanes of at least 4 members (excludes halogenated alkanes) is 5. The topological polar surface area (TPSA) is 26.3 Å². The van der Waals surface area contributed by atoms with Crippen LogP contribution in [0.4, 0.5) is 0 Å². The number of hydrogen-bond donors (Lipinski definition) is 0. The molecule has 2 fully saturated rings. The van der Waals surface area contributed by atoms with E-state index in [1.807, 2.05) is 0 Å². The molecular weight excluding hydrogens is 248 g/mol. The standard InChI is InChI=1S/C18H32O2/c1-2-3-4-5-6-7-10-17(19)16-11-14-20-18(15-16)12-8-9-13-18/h16H,2-15H2,1H3. The summed E-state index contributed by atoms with van der Waals surface area (Å²) in [7, 11) is 0. The largest absolute Gasteiger partial charge is 0.375 e. The zero-order chi connectivity index (χ0) is 14.3. The molecule has 1 aliphatic carbocycles. The van der Waals surface area contributed by atoms with Gasteiger partial charge in [-0.1, -0.05) is 51.9 Å². The van der Waals surface area contributed by atoms with Crippen molar-refractivity contribution >= 4 is 5.78 Å². The Morgan fingerprint density at radius 3 is 2.55 bits per heavy atom. The van der Waals surface area contributed by atoms with Crippen molar-refractivity contribution in [3.05, 3.63) is 0 Å². The Labute approximate surface area is 124 Å². The number of ether oxygens (including phenoxy) is 1. The molecule has 2 nitrogen and oxygen atoms in total. The summed E-state index contributed by atoms with van der Waals surface area (Å²) in [6.07, 6.45) is 15.4. The maximum absolute atomic E-state index is 12.4. The SMILES string of the molecule is CCCCCCCCC(=O)C1CCOC2(CCCC2)C1. The molecule has 1 aliphatic heterocycles. The molecule has 1 atom stereocenters. The molecule has 1 spiro atoms. The molecule has 0 bridgehead atoms. The van der Waals surface area contributed by atoms with E-state index in [0.29, 0.717) is 11.7 Å². The van der Waals surface area contributed by atoms with Gasteiger partial charge in [0.1, 0.15) is 5.78 Å². The summed E-state index contributed by atoms with van der Waals surface area (Å²) >= 11 is 0. The van der Waals surface area contributed by atoms with Gasteiger partial charge in [0.05, 0.1) is 5.60 Å². The van der Waals surface area contributed by atoms with Crippen LogP contribution in [-0.4, -0.2) is 18.0 Å². The molecule has 1 unspecified atom stereocenters. The molecule has 0 aromatic carbocycles. The van der Waals surface area contributed by atoms with E-state index in [0.717, 1.165) is 32.3 Å². The van der Waals surface area contributed by atoms with E-state index in [2.05, 4.69) is 6.92 Å². The van der Waals surface area contributed by atoms with Crippen LogP contribution in [0.2, 0.25) is 0 Å². The van der Waals surface area contributed by atoms with Crippen molar-refractivity contribution in [3.63, 3.8) is 0 Å². The van der Waals surface area contributed by atoms with E-state index in [1.165, 1.54) is 57.8 Å². The molecule has 0 N–H and O–H groups in total. The number of rotatable bonds is 8. The Balaban J connectivity index is 1.64. The van der Waals surface area contributed by atoms with Crippen molar-refractivity contribution < 1.29 is 9.53 Å². The highest BCUT2D eigenvalue weighted by Crippen LogP contribution is 2.42. The maximum Gasteiger partial charge on any atom is 0.136 e. The van der Waals surface area contributed by atoms with Crippen LogP contribution >= 0.6 is 0 Å². The van der Waals surface area contributed by atoms with Gasteiger partial charge in [-0.2, -0.15) is 0 Å². The van der Waals surface area contributed by atoms with E-state index in [9.17, 15) is 4.79 Å². The number of ketones is 1. The van der Waals surface area contributed by atoms with Gasteiger partial charge in [-0.15, -0.1) is 0 Å². The highest BCUT2D eigenvalue weighted by atomic mass is 16.5. The predicted octanol–water partition coefficient (Wildman–Crippen LogP) is 5.05. The summed E-state index contributed by atoms with van der Waals surface area (Å²) in [6.45, 7) is 3.06. The summed E-state index contributed by atoms with van der Waals surface area (Å²) in [6, 6.07) is 0. The van der Waals surface area contributed by atoms with Gasteiger partial charge < -0.3 is 4.74 Å². The molecule has 0 amide bonds. The zero-order valence-corrected chi connectivity index (χ0v) is 13.3. The first-order valence-corrected chi connectivity index (χ1v) is 8.92. The average molecular weight is 280 g/mol. The van der Waals surface area contributed by atoms with Crippen molar-refractivity contribution in [1.82, 2.24) is 0 Å². The maximum atomic E-state index is 12.4. The predicted molar refractivity (Wildman–Crippen MR) is 82.9 cm³/mol. The van der Waals surface area contributed by atoms with Crippen LogP contribution in [0, 0.1) is 5.92 Å². The number of hydrogen-bond acceptors (Lipinski definition) is 2. The molecule has 1 saturated carbocycles. The number of carbonyl (C=O) groups is 1. The first-order valence-electron chi connectivity index (χ1n) is 8.92. The van der Waals surface area contributed by atoms with Gasteiger partial charge >= 0.3 is 0 Å². The first-order chi connectivity index (χ1) is 9.76. The highest BCUT2D eigenvalue weighted by Gasteiger charge is 2.41. The fraction of sp³-hybridized carbons (Fsp3) is 0.944. The lowest BCUT2D eigenvalue weighted by atomic mass is 9.81. The molecule has 2 heteroatoms. The fourth-order valence-corrected chi connectivity index (χ4v) is 3.95. The Bertz CT molecular complexity index is 292. The summed E-state index contributed by atoms with van der Waals surface area (Å²) in [5.74, 6) is 0.826. The van der Waals surface area contributed by atoms with Gasteiger partial charge in [0.25, 0.3) is 0 Å². The second kappa shape index (κ2) is 8.17. The van der Waals surface area contributed by atoms with Gasteiger partial charge in [0, 0.05) is 18.9 Å². The molecule has 20 heavy (non-hydrogen) atoms. The first kappa shape index (κ1) is 16.0. The van der Waals surface area contributed by atoms with Crippen molar-refractivity contribution in [3.8, 4) is 0 Å². The molecule has 1 heterocycles. The third-order valence-electron chi connectivity index (χ3n) is 5.24. The van der Waals surface area contributed by atoms with Crippen LogP contribution in [0.25, 0.3) is 0 Å². The van der Waals surface area contributed by atoms with Gasteiger partial charge in [-0.3, -0.25) is 4.79 Å². The van der Waals surface area contributed by atoms with Crippen LogP contribution in [0.15, 0.2) is 0 Å². The quantitative estimate of drug-likeness (QED) is 0.582. The molecule has 1 saturated heterocycles. The second-order valence-corrected chi connectivity index (χ2v) is 6.91.